The number of halogens is 1. The van der Waals surface area contributed by atoms with Gasteiger partial charge in [0.25, 0.3) is 0 Å². The summed E-state index contributed by atoms with van der Waals surface area (Å²) in [5.41, 5.74) is 1.18. The molecule has 0 aliphatic rings. The molecule has 1 unspecified atom stereocenters. The zero-order chi connectivity index (χ0) is 32.6. The second kappa shape index (κ2) is 14.6. The van der Waals surface area contributed by atoms with Gasteiger partial charge in [0.1, 0.15) is 24.1 Å². The lowest BCUT2D eigenvalue weighted by atomic mass is 10.0. The maximum atomic E-state index is 14.3. The number of rotatable bonds is 12. The Labute approximate surface area is 270 Å². The molecule has 0 heterocycles. The minimum absolute atomic E-state index is 0.00494. The maximum Gasteiger partial charge on any atom is 0.244 e. The Hall–Kier alpha value is -4.34. The first-order chi connectivity index (χ1) is 21.3. The number of anilines is 1. The average Bonchev–Trinajstić information content (AvgIpc) is 2.98. The van der Waals surface area contributed by atoms with E-state index in [2.05, 4.69) is 5.32 Å². The number of carbonyl (C=O) groups is 2. The predicted molar refractivity (Wildman–Crippen MR) is 179 cm³/mol. The van der Waals surface area contributed by atoms with E-state index < -0.39 is 34.1 Å². The van der Waals surface area contributed by atoms with Gasteiger partial charge in [-0.05, 0) is 74.4 Å². The molecule has 0 fully saturated rings. The Balaban J connectivity index is 1.70. The third kappa shape index (κ3) is 9.83. The van der Waals surface area contributed by atoms with Crippen molar-refractivity contribution in [2.24, 2.45) is 0 Å². The summed E-state index contributed by atoms with van der Waals surface area (Å²) in [5.74, 6) is 0.218. The molecule has 4 aromatic rings. The van der Waals surface area contributed by atoms with E-state index >= 15 is 0 Å². The fourth-order valence-electron chi connectivity index (χ4n) is 4.74. The van der Waals surface area contributed by atoms with Gasteiger partial charge >= 0.3 is 0 Å². The predicted octanol–water partition coefficient (Wildman–Crippen LogP) is 6.45. The maximum absolute atomic E-state index is 14.3. The minimum Gasteiger partial charge on any atom is -0.457 e. The number of hydrogen-bond donors (Lipinski definition) is 1. The summed E-state index contributed by atoms with van der Waals surface area (Å²) >= 11 is 6.51. The molecule has 236 valence electrons. The molecular weight excluding hydrogens is 610 g/mol. The molecule has 0 aliphatic carbocycles. The van der Waals surface area contributed by atoms with Gasteiger partial charge in [0.15, 0.2) is 0 Å². The van der Waals surface area contributed by atoms with Crippen LogP contribution in [0.1, 0.15) is 31.9 Å². The number of nitrogens with zero attached hydrogens (tertiary/aromatic N) is 2. The fourth-order valence-corrected chi connectivity index (χ4v) is 5.78. The third-order valence-corrected chi connectivity index (χ3v) is 8.36. The molecule has 0 aliphatic heterocycles. The summed E-state index contributed by atoms with van der Waals surface area (Å²) in [6.07, 6.45) is 1.25. The van der Waals surface area contributed by atoms with Crippen LogP contribution in [-0.4, -0.2) is 49.5 Å². The van der Waals surface area contributed by atoms with E-state index in [4.69, 9.17) is 16.3 Å². The normalized spacial score (nSPS) is 12.2. The highest BCUT2D eigenvalue weighted by molar-refractivity contribution is 7.92. The Morgan fingerprint density at radius 3 is 1.96 bits per heavy atom. The quantitative estimate of drug-likeness (QED) is 0.191. The largest absolute Gasteiger partial charge is 0.457 e. The number of hydrogen-bond acceptors (Lipinski definition) is 5. The first-order valence-corrected chi connectivity index (χ1v) is 16.7. The van der Waals surface area contributed by atoms with Crippen molar-refractivity contribution in [3.63, 3.8) is 0 Å². The number of benzene rings is 4. The van der Waals surface area contributed by atoms with Crippen molar-refractivity contribution in [1.82, 2.24) is 10.2 Å². The molecule has 0 aromatic heterocycles. The summed E-state index contributed by atoms with van der Waals surface area (Å²) < 4.78 is 33.0. The van der Waals surface area contributed by atoms with Gasteiger partial charge in [-0.2, -0.15) is 0 Å². The minimum atomic E-state index is -3.91. The van der Waals surface area contributed by atoms with Gasteiger partial charge in [0, 0.05) is 23.5 Å². The summed E-state index contributed by atoms with van der Waals surface area (Å²) in [6.45, 7) is 5.05. The molecule has 0 saturated carbocycles. The van der Waals surface area contributed by atoms with Crippen molar-refractivity contribution < 1.29 is 22.7 Å². The number of ether oxygens (including phenoxy) is 1. The third-order valence-electron chi connectivity index (χ3n) is 6.85. The van der Waals surface area contributed by atoms with Crippen molar-refractivity contribution in [2.75, 3.05) is 17.1 Å². The van der Waals surface area contributed by atoms with Crippen molar-refractivity contribution >= 4 is 39.1 Å². The molecule has 4 aromatic carbocycles. The molecule has 0 bridgehead atoms. The average molecular weight is 648 g/mol. The monoisotopic (exact) mass is 647 g/mol. The molecule has 1 atom stereocenters. The zero-order valence-electron chi connectivity index (χ0n) is 25.8. The summed E-state index contributed by atoms with van der Waals surface area (Å²) in [6, 6.07) is 31.1. The van der Waals surface area contributed by atoms with Gasteiger partial charge in [0.05, 0.1) is 11.9 Å². The molecule has 0 saturated heterocycles. The lowest BCUT2D eigenvalue weighted by Crippen LogP contribution is -2.56. The molecule has 10 heteroatoms. The lowest BCUT2D eigenvalue weighted by Gasteiger charge is -2.35. The van der Waals surface area contributed by atoms with Gasteiger partial charge in [-0.15, -0.1) is 0 Å². The van der Waals surface area contributed by atoms with Crippen LogP contribution in [0.3, 0.4) is 0 Å². The van der Waals surface area contributed by atoms with Crippen molar-refractivity contribution in [3.05, 3.63) is 125 Å². The van der Waals surface area contributed by atoms with Gasteiger partial charge < -0.3 is 15.0 Å². The summed E-state index contributed by atoms with van der Waals surface area (Å²) in [7, 11) is -3.91. The Morgan fingerprint density at radius 1 is 0.822 bits per heavy atom. The first kappa shape index (κ1) is 33.6. The highest BCUT2D eigenvalue weighted by Crippen LogP contribution is 2.27. The highest BCUT2D eigenvalue weighted by atomic mass is 35.5. The van der Waals surface area contributed by atoms with E-state index in [-0.39, 0.29) is 24.6 Å². The first-order valence-electron chi connectivity index (χ1n) is 14.5. The topological polar surface area (TPSA) is 96.0 Å². The van der Waals surface area contributed by atoms with E-state index in [1.807, 2.05) is 81.4 Å². The molecule has 2 amide bonds. The van der Waals surface area contributed by atoms with E-state index in [0.29, 0.717) is 22.1 Å². The molecule has 45 heavy (non-hydrogen) atoms. The molecule has 0 radical (unpaired) electrons. The second-order valence-corrected chi connectivity index (χ2v) is 14.1. The van der Waals surface area contributed by atoms with Gasteiger partial charge in [-0.25, -0.2) is 8.42 Å². The van der Waals surface area contributed by atoms with E-state index in [9.17, 15) is 18.0 Å². The molecule has 4 rings (SSSR count). The van der Waals surface area contributed by atoms with Crippen LogP contribution in [0.25, 0.3) is 0 Å². The fraction of sp³-hybridized carbons (Fsp3) is 0.257. The molecule has 0 spiro atoms. The molecule has 8 nitrogen and oxygen atoms in total. The standard InChI is InChI=1S/C35H38ClN3O5S/c1-35(2,3)37-34(41)32(23-26-13-7-5-8-14-26)38(24-27-15-11-12-18-31(27)36)33(40)25-39(45(4,42)43)28-19-21-30(22-20-28)44-29-16-9-6-10-17-29/h5-22,32H,23-25H2,1-4H3,(H,37,41). The SMILES string of the molecule is CC(C)(C)NC(=O)C(Cc1ccccc1)N(Cc1ccccc1Cl)C(=O)CN(c1ccc(Oc2ccccc2)cc1)S(C)(=O)=O. The second-order valence-electron chi connectivity index (χ2n) is 11.7. The summed E-state index contributed by atoms with van der Waals surface area (Å²) in [5, 5.41) is 3.43. The van der Waals surface area contributed by atoms with Crippen molar-refractivity contribution in [2.45, 2.75) is 45.3 Å². The highest BCUT2D eigenvalue weighted by Gasteiger charge is 2.34. The number of amides is 2. The van der Waals surface area contributed by atoms with Gasteiger partial charge in [0.2, 0.25) is 21.8 Å². The molecule has 1 N–H and O–H groups in total. The smallest absolute Gasteiger partial charge is 0.244 e. The van der Waals surface area contributed by atoms with Crippen molar-refractivity contribution in [1.29, 1.82) is 0 Å². The Morgan fingerprint density at radius 2 is 1.38 bits per heavy atom. The van der Waals surface area contributed by atoms with E-state index in [0.717, 1.165) is 16.1 Å². The molecular formula is C35H38ClN3O5S. The van der Waals surface area contributed by atoms with Gasteiger partial charge in [-0.3, -0.25) is 13.9 Å². The van der Waals surface area contributed by atoms with Crippen LogP contribution in [0.5, 0.6) is 11.5 Å². The number of carbonyl (C=O) groups excluding carboxylic acids is 2. The van der Waals surface area contributed by atoms with Crippen LogP contribution >= 0.6 is 11.6 Å². The lowest BCUT2D eigenvalue weighted by molar-refractivity contribution is -0.140. The van der Waals surface area contributed by atoms with Gasteiger partial charge in [-0.1, -0.05) is 78.3 Å². The van der Waals surface area contributed by atoms with E-state index in [1.54, 1.807) is 48.5 Å². The number of sulfonamides is 1. The van der Waals surface area contributed by atoms with E-state index in [1.165, 1.54) is 4.90 Å². The van der Waals surface area contributed by atoms with Crippen molar-refractivity contribution in [3.8, 4) is 11.5 Å². The zero-order valence-corrected chi connectivity index (χ0v) is 27.4. The van der Waals surface area contributed by atoms with Crippen LogP contribution in [0.4, 0.5) is 5.69 Å². The Bertz CT molecular complexity index is 1690. The number of para-hydroxylation sites is 1. The van der Waals surface area contributed by atoms with Crippen LogP contribution in [0, 0.1) is 0 Å². The summed E-state index contributed by atoms with van der Waals surface area (Å²) in [4.78, 5) is 29.5. The Kier molecular flexibility index (Phi) is 10.9. The number of nitrogens with one attached hydrogen (secondary N) is 1. The van der Waals surface area contributed by atoms with Crippen LogP contribution in [0.15, 0.2) is 109 Å². The van der Waals surface area contributed by atoms with Crippen LogP contribution in [-0.2, 0) is 32.6 Å². The van der Waals surface area contributed by atoms with Crippen LogP contribution < -0.4 is 14.4 Å². The van der Waals surface area contributed by atoms with Crippen LogP contribution in [0.2, 0.25) is 5.02 Å².